The molecule has 0 aliphatic carbocycles. The molecule has 1 aliphatic heterocycles. The van der Waals surface area contributed by atoms with Gasteiger partial charge in [0.2, 0.25) is 6.41 Å². The zero-order valence-electron chi connectivity index (χ0n) is 17.6. The van der Waals surface area contributed by atoms with E-state index >= 15 is 0 Å². The maximum atomic E-state index is 11.1. The van der Waals surface area contributed by atoms with Gasteiger partial charge in [0.1, 0.15) is 23.4 Å². The summed E-state index contributed by atoms with van der Waals surface area (Å²) in [4.78, 5) is 25.8. The molecule has 5 aromatic rings. The van der Waals surface area contributed by atoms with Gasteiger partial charge in [-0.25, -0.2) is 14.6 Å². The van der Waals surface area contributed by atoms with Crippen LogP contribution in [-0.2, 0) is 24.3 Å². The second-order valence-corrected chi connectivity index (χ2v) is 8.13. The van der Waals surface area contributed by atoms with Gasteiger partial charge in [0.15, 0.2) is 11.2 Å². The fraction of sp³-hybridized carbons (Fsp3) is 0.174. The Balaban J connectivity index is 1.42. The number of anilines is 2. The number of rotatable bonds is 4. The van der Waals surface area contributed by atoms with Crippen LogP contribution in [0.15, 0.2) is 47.1 Å². The topological polar surface area (TPSA) is 142 Å². The van der Waals surface area contributed by atoms with Crippen molar-refractivity contribution in [3.8, 4) is 11.3 Å². The highest BCUT2D eigenvalue weighted by atomic mass is 16.4. The van der Waals surface area contributed by atoms with E-state index in [4.69, 9.17) is 21.0 Å². The Kier molecular flexibility index (Phi) is 4.25. The van der Waals surface area contributed by atoms with Crippen molar-refractivity contribution in [2.75, 3.05) is 18.0 Å². The monoisotopic (exact) mass is 440 g/mol. The van der Waals surface area contributed by atoms with Crippen molar-refractivity contribution >= 4 is 40.4 Å². The normalized spacial score (nSPS) is 13.5. The summed E-state index contributed by atoms with van der Waals surface area (Å²) in [5, 5.41) is 5.54. The number of aromatic nitrogens is 5. The number of nitrogens with two attached hydrogens (primary N) is 2. The Morgan fingerprint density at radius 1 is 1.09 bits per heavy atom. The Hall–Kier alpha value is -4.47. The molecule has 10 heteroatoms. The molecule has 0 saturated carbocycles. The van der Waals surface area contributed by atoms with Crippen LogP contribution in [0.3, 0.4) is 0 Å². The second-order valence-electron chi connectivity index (χ2n) is 8.13. The Bertz CT molecular complexity index is 1540. The fourth-order valence-electron chi connectivity index (χ4n) is 4.42. The van der Waals surface area contributed by atoms with Crippen LogP contribution in [0, 0.1) is 0 Å². The molecule has 33 heavy (non-hydrogen) atoms. The summed E-state index contributed by atoms with van der Waals surface area (Å²) in [6, 6.07) is 12.0. The van der Waals surface area contributed by atoms with Crippen molar-refractivity contribution in [3.05, 3.63) is 59.4 Å². The van der Waals surface area contributed by atoms with Gasteiger partial charge in [0.05, 0.1) is 11.9 Å². The van der Waals surface area contributed by atoms with Gasteiger partial charge in [0, 0.05) is 18.7 Å². The minimum atomic E-state index is 0.115. The summed E-state index contributed by atoms with van der Waals surface area (Å²) in [6.07, 6.45) is 3.19. The molecule has 4 heterocycles. The van der Waals surface area contributed by atoms with Crippen LogP contribution >= 0.6 is 0 Å². The van der Waals surface area contributed by atoms with Crippen LogP contribution in [0.25, 0.3) is 33.4 Å². The van der Waals surface area contributed by atoms with Crippen LogP contribution in [0.5, 0.6) is 0 Å². The SMILES string of the molecule is Nc1nc2cc(-c3nn(Cc4ccc5c(c4)CCN(C=O)C5)c4ncnc(N)c34)ccc2o1. The van der Waals surface area contributed by atoms with Gasteiger partial charge >= 0.3 is 0 Å². The van der Waals surface area contributed by atoms with E-state index in [0.29, 0.717) is 46.7 Å². The first kappa shape index (κ1) is 19.2. The summed E-state index contributed by atoms with van der Waals surface area (Å²) < 4.78 is 7.22. The van der Waals surface area contributed by atoms with Gasteiger partial charge in [-0.15, -0.1) is 0 Å². The number of carbonyl (C=O) groups excluding carboxylic acids is 1. The molecule has 0 unspecified atom stereocenters. The van der Waals surface area contributed by atoms with E-state index in [1.54, 1.807) is 4.90 Å². The van der Waals surface area contributed by atoms with E-state index in [1.165, 1.54) is 17.5 Å². The Morgan fingerprint density at radius 2 is 2.00 bits per heavy atom. The summed E-state index contributed by atoms with van der Waals surface area (Å²) in [5.74, 6) is 0.361. The van der Waals surface area contributed by atoms with Crippen molar-refractivity contribution in [1.29, 1.82) is 0 Å². The van der Waals surface area contributed by atoms with Crippen molar-refractivity contribution in [3.63, 3.8) is 0 Å². The van der Waals surface area contributed by atoms with E-state index in [9.17, 15) is 4.79 Å². The average molecular weight is 440 g/mol. The largest absolute Gasteiger partial charge is 0.424 e. The number of nitrogens with zero attached hydrogens (tertiary/aromatic N) is 6. The van der Waals surface area contributed by atoms with E-state index in [1.807, 2.05) is 22.9 Å². The van der Waals surface area contributed by atoms with Crippen LogP contribution < -0.4 is 11.5 Å². The number of amides is 1. The summed E-state index contributed by atoms with van der Waals surface area (Å²) in [5.41, 5.74) is 18.9. The lowest BCUT2D eigenvalue weighted by molar-refractivity contribution is -0.118. The number of oxazole rings is 1. The van der Waals surface area contributed by atoms with Crippen LogP contribution in [0.2, 0.25) is 0 Å². The highest BCUT2D eigenvalue weighted by Crippen LogP contribution is 2.32. The van der Waals surface area contributed by atoms with E-state index < -0.39 is 0 Å². The van der Waals surface area contributed by atoms with Gasteiger partial charge < -0.3 is 20.8 Å². The molecule has 0 bridgehead atoms. The van der Waals surface area contributed by atoms with Gasteiger partial charge in [-0.05, 0) is 41.3 Å². The third kappa shape index (κ3) is 3.23. The Morgan fingerprint density at radius 3 is 2.88 bits per heavy atom. The van der Waals surface area contributed by atoms with Gasteiger partial charge in [-0.2, -0.15) is 10.1 Å². The first-order valence-corrected chi connectivity index (χ1v) is 10.5. The number of hydrogen-bond donors (Lipinski definition) is 2. The molecule has 1 aliphatic rings. The van der Waals surface area contributed by atoms with Gasteiger partial charge in [0.25, 0.3) is 6.01 Å². The van der Waals surface area contributed by atoms with Crippen molar-refractivity contribution in [2.45, 2.75) is 19.5 Å². The predicted molar refractivity (Wildman–Crippen MR) is 123 cm³/mol. The minimum absolute atomic E-state index is 0.115. The first-order chi connectivity index (χ1) is 16.1. The third-order valence-electron chi connectivity index (χ3n) is 6.03. The summed E-state index contributed by atoms with van der Waals surface area (Å²) in [7, 11) is 0. The van der Waals surface area contributed by atoms with Gasteiger partial charge in [-0.3, -0.25) is 4.79 Å². The van der Waals surface area contributed by atoms with E-state index in [2.05, 4.69) is 33.2 Å². The molecule has 164 valence electrons. The lowest BCUT2D eigenvalue weighted by Gasteiger charge is -2.25. The predicted octanol–water partition coefficient (Wildman–Crippen LogP) is 2.36. The molecule has 10 nitrogen and oxygen atoms in total. The Labute approximate surface area is 187 Å². The highest BCUT2D eigenvalue weighted by molar-refractivity contribution is 5.99. The molecule has 0 fully saturated rings. The van der Waals surface area contributed by atoms with Crippen LogP contribution in [0.4, 0.5) is 11.8 Å². The van der Waals surface area contributed by atoms with Gasteiger partial charge in [-0.1, -0.05) is 18.2 Å². The van der Waals surface area contributed by atoms with Crippen LogP contribution in [-0.4, -0.2) is 42.6 Å². The molecular formula is C23H20N8O2. The summed E-state index contributed by atoms with van der Waals surface area (Å²) >= 11 is 0. The zero-order valence-corrected chi connectivity index (χ0v) is 17.6. The van der Waals surface area contributed by atoms with E-state index in [-0.39, 0.29) is 6.01 Å². The summed E-state index contributed by atoms with van der Waals surface area (Å²) in [6.45, 7) is 1.90. The minimum Gasteiger partial charge on any atom is -0.424 e. The average Bonchev–Trinajstić information content (AvgIpc) is 3.38. The van der Waals surface area contributed by atoms with Crippen molar-refractivity contribution < 1.29 is 9.21 Å². The number of nitrogen functional groups attached to an aromatic ring is 2. The molecule has 0 saturated heterocycles. The first-order valence-electron chi connectivity index (χ1n) is 10.5. The number of hydrogen-bond acceptors (Lipinski definition) is 8. The second kappa shape index (κ2) is 7.30. The number of fused-ring (bicyclic) bond motifs is 3. The lowest BCUT2D eigenvalue weighted by Crippen LogP contribution is -2.29. The van der Waals surface area contributed by atoms with Crippen LogP contribution in [0.1, 0.15) is 16.7 Å². The molecule has 3 aromatic heterocycles. The smallest absolute Gasteiger partial charge is 0.292 e. The lowest BCUT2D eigenvalue weighted by atomic mass is 9.97. The molecular weight excluding hydrogens is 420 g/mol. The number of carbonyl (C=O) groups is 1. The molecule has 0 spiro atoms. The molecule has 0 radical (unpaired) electrons. The van der Waals surface area contributed by atoms with Crippen molar-refractivity contribution in [2.24, 2.45) is 0 Å². The maximum absolute atomic E-state index is 11.1. The standard InChI is InChI=1S/C23H20N8O2/c24-21-19-20(15-3-4-18-17(8-15)28-23(25)33-18)29-31(22(19)27-11-26-21)9-13-1-2-16-10-30(12-32)6-5-14(16)7-13/h1-4,7-8,11-12H,5-6,9-10H2,(H2,25,28)(H2,24,26,27). The molecule has 6 rings (SSSR count). The van der Waals surface area contributed by atoms with Crippen molar-refractivity contribution in [1.82, 2.24) is 29.6 Å². The molecule has 1 amide bonds. The quantitative estimate of drug-likeness (QED) is 0.406. The number of benzene rings is 2. The fourth-order valence-corrected chi connectivity index (χ4v) is 4.42. The third-order valence-corrected chi connectivity index (χ3v) is 6.03. The molecule has 4 N–H and O–H groups in total. The van der Waals surface area contributed by atoms with E-state index in [0.717, 1.165) is 30.5 Å². The maximum Gasteiger partial charge on any atom is 0.292 e. The zero-order chi connectivity index (χ0) is 22.5. The molecule has 0 atom stereocenters. The highest BCUT2D eigenvalue weighted by Gasteiger charge is 2.19. The molecule has 2 aromatic carbocycles.